The van der Waals surface area contributed by atoms with Crippen LogP contribution in [0, 0.1) is 0 Å². The molecule has 0 radical (unpaired) electrons. The molecule has 0 aliphatic rings. The highest BCUT2D eigenvalue weighted by molar-refractivity contribution is 7.89. The fourth-order valence-electron chi connectivity index (χ4n) is 2.36. The van der Waals surface area contributed by atoms with Crippen molar-refractivity contribution < 1.29 is 41.0 Å². The standard InChI is InChI=1S/C18H19F3N2O6S/c1-28-16-6-5-14(30(22,26)27)8-15(16)17(25)23-9-12(24)10-29-13-4-2-3-11(7-13)18(19,20)21/h2-8,12,24H,9-10H2,1H3,(H,23,25)(H2,22,26,27). The van der Waals surface area contributed by atoms with E-state index in [1.165, 1.54) is 25.3 Å². The first kappa shape index (κ1) is 23.4. The smallest absolute Gasteiger partial charge is 0.416 e. The van der Waals surface area contributed by atoms with Crippen LogP contribution in [0.25, 0.3) is 0 Å². The first-order valence-corrected chi connectivity index (χ1v) is 9.93. The quantitative estimate of drug-likeness (QED) is 0.562. The van der Waals surface area contributed by atoms with E-state index in [1.54, 1.807) is 0 Å². The van der Waals surface area contributed by atoms with E-state index in [4.69, 9.17) is 14.6 Å². The van der Waals surface area contributed by atoms with Crippen molar-refractivity contribution in [3.63, 3.8) is 0 Å². The molecule has 0 spiro atoms. The number of primary sulfonamides is 1. The molecule has 4 N–H and O–H groups in total. The Morgan fingerprint density at radius 1 is 1.23 bits per heavy atom. The molecule has 0 aliphatic heterocycles. The Bertz CT molecular complexity index is 1010. The van der Waals surface area contributed by atoms with Gasteiger partial charge in [0.05, 0.1) is 23.1 Å². The van der Waals surface area contributed by atoms with Crippen molar-refractivity contribution in [2.24, 2.45) is 5.14 Å². The Labute approximate surface area is 170 Å². The Kier molecular flexibility index (Phi) is 7.29. The van der Waals surface area contributed by atoms with Crippen LogP contribution in [-0.2, 0) is 16.2 Å². The molecule has 0 aliphatic carbocycles. The Hall–Kier alpha value is -2.83. The summed E-state index contributed by atoms with van der Waals surface area (Å²) in [5, 5.41) is 17.3. The molecular weight excluding hydrogens is 429 g/mol. The number of benzene rings is 2. The highest BCUT2D eigenvalue weighted by Gasteiger charge is 2.30. The third kappa shape index (κ3) is 6.34. The van der Waals surface area contributed by atoms with Gasteiger partial charge in [-0.15, -0.1) is 0 Å². The fraction of sp³-hybridized carbons (Fsp3) is 0.278. The van der Waals surface area contributed by atoms with E-state index in [0.29, 0.717) is 0 Å². The van der Waals surface area contributed by atoms with Crippen LogP contribution in [-0.4, -0.2) is 45.8 Å². The minimum Gasteiger partial charge on any atom is -0.496 e. The zero-order chi connectivity index (χ0) is 22.5. The first-order chi connectivity index (χ1) is 13.9. The maximum atomic E-state index is 12.7. The van der Waals surface area contributed by atoms with E-state index in [0.717, 1.165) is 24.3 Å². The maximum absolute atomic E-state index is 12.7. The average Bonchev–Trinajstić information content (AvgIpc) is 2.68. The lowest BCUT2D eigenvalue weighted by Crippen LogP contribution is -2.35. The monoisotopic (exact) mass is 448 g/mol. The van der Waals surface area contributed by atoms with Crippen LogP contribution in [0.2, 0.25) is 0 Å². The molecule has 1 amide bonds. The summed E-state index contributed by atoms with van der Waals surface area (Å²) in [5.74, 6) is -0.775. The van der Waals surface area contributed by atoms with Crippen molar-refractivity contribution in [3.8, 4) is 11.5 Å². The molecular formula is C18H19F3N2O6S. The predicted octanol–water partition coefficient (Wildman–Crippen LogP) is 1.53. The van der Waals surface area contributed by atoms with Crippen molar-refractivity contribution in [3.05, 3.63) is 53.6 Å². The van der Waals surface area contributed by atoms with Crippen LogP contribution in [0.3, 0.4) is 0 Å². The van der Waals surface area contributed by atoms with Crippen LogP contribution < -0.4 is 19.9 Å². The molecule has 12 heteroatoms. The van der Waals surface area contributed by atoms with Gasteiger partial charge in [-0.05, 0) is 36.4 Å². The number of hydrogen-bond acceptors (Lipinski definition) is 6. The second kappa shape index (κ2) is 9.32. The van der Waals surface area contributed by atoms with E-state index in [2.05, 4.69) is 5.32 Å². The normalized spacial score (nSPS) is 12.9. The lowest BCUT2D eigenvalue weighted by Gasteiger charge is -2.15. The third-order valence-corrected chi connectivity index (χ3v) is 4.76. The highest BCUT2D eigenvalue weighted by Crippen LogP contribution is 2.31. The number of nitrogens with one attached hydrogen (secondary N) is 1. The van der Waals surface area contributed by atoms with Crippen molar-refractivity contribution in [1.29, 1.82) is 0 Å². The number of aliphatic hydroxyl groups excluding tert-OH is 1. The molecule has 0 saturated heterocycles. The number of aliphatic hydroxyl groups is 1. The van der Waals surface area contributed by atoms with Gasteiger partial charge in [-0.2, -0.15) is 13.2 Å². The van der Waals surface area contributed by atoms with Gasteiger partial charge in [0.25, 0.3) is 5.91 Å². The molecule has 0 heterocycles. The van der Waals surface area contributed by atoms with Crippen molar-refractivity contribution >= 4 is 15.9 Å². The number of carbonyl (C=O) groups excluding carboxylic acids is 1. The Morgan fingerprint density at radius 3 is 2.53 bits per heavy atom. The SMILES string of the molecule is COc1ccc(S(N)(=O)=O)cc1C(=O)NCC(O)COc1cccc(C(F)(F)F)c1. The molecule has 2 aromatic rings. The van der Waals surface area contributed by atoms with Crippen molar-refractivity contribution in [2.75, 3.05) is 20.3 Å². The number of hydrogen-bond donors (Lipinski definition) is 3. The topological polar surface area (TPSA) is 128 Å². The van der Waals surface area contributed by atoms with E-state index in [-0.39, 0.29) is 28.5 Å². The predicted molar refractivity (Wildman–Crippen MR) is 99.6 cm³/mol. The molecule has 30 heavy (non-hydrogen) atoms. The molecule has 0 fully saturated rings. The number of rotatable bonds is 8. The van der Waals surface area contributed by atoms with Gasteiger partial charge in [0.1, 0.15) is 24.2 Å². The van der Waals surface area contributed by atoms with Gasteiger partial charge in [-0.3, -0.25) is 4.79 Å². The molecule has 1 unspecified atom stereocenters. The number of nitrogens with two attached hydrogens (primary N) is 1. The van der Waals surface area contributed by atoms with E-state index in [1.807, 2.05) is 0 Å². The summed E-state index contributed by atoms with van der Waals surface area (Å²) in [5.41, 5.74) is -1.03. The number of sulfonamides is 1. The summed E-state index contributed by atoms with van der Waals surface area (Å²) in [6.45, 7) is -0.712. The molecule has 0 saturated carbocycles. The van der Waals surface area contributed by atoms with E-state index < -0.39 is 40.4 Å². The van der Waals surface area contributed by atoms with Crippen LogP contribution in [0.1, 0.15) is 15.9 Å². The molecule has 0 aromatic heterocycles. The summed E-state index contributed by atoms with van der Waals surface area (Å²) in [4.78, 5) is 12.0. The number of amides is 1. The first-order valence-electron chi connectivity index (χ1n) is 8.39. The molecule has 164 valence electrons. The average molecular weight is 448 g/mol. The second-order valence-electron chi connectivity index (χ2n) is 6.11. The molecule has 1 atom stereocenters. The summed E-state index contributed by atoms with van der Waals surface area (Å²) in [7, 11) is -2.78. The zero-order valence-corrected chi connectivity index (χ0v) is 16.5. The molecule has 0 bridgehead atoms. The fourth-order valence-corrected chi connectivity index (χ4v) is 2.90. The summed E-state index contributed by atoms with van der Waals surface area (Å²) < 4.78 is 71.1. The summed E-state index contributed by atoms with van der Waals surface area (Å²) in [6, 6.07) is 7.57. The number of carbonyl (C=O) groups is 1. The van der Waals surface area contributed by atoms with Crippen LogP contribution in [0.4, 0.5) is 13.2 Å². The van der Waals surface area contributed by atoms with Crippen molar-refractivity contribution in [2.45, 2.75) is 17.2 Å². The maximum Gasteiger partial charge on any atom is 0.416 e. The van der Waals surface area contributed by atoms with Gasteiger partial charge in [0.15, 0.2) is 0 Å². The highest BCUT2D eigenvalue weighted by atomic mass is 32.2. The summed E-state index contributed by atoms with van der Waals surface area (Å²) in [6.07, 6.45) is -5.78. The van der Waals surface area contributed by atoms with Crippen molar-refractivity contribution in [1.82, 2.24) is 5.32 Å². The zero-order valence-electron chi connectivity index (χ0n) is 15.6. The van der Waals surface area contributed by atoms with Gasteiger partial charge in [-0.1, -0.05) is 6.07 Å². The Morgan fingerprint density at radius 2 is 1.93 bits per heavy atom. The third-order valence-electron chi connectivity index (χ3n) is 3.85. The number of methoxy groups -OCH3 is 1. The lowest BCUT2D eigenvalue weighted by molar-refractivity contribution is -0.137. The van der Waals surface area contributed by atoms with Gasteiger partial charge in [-0.25, -0.2) is 13.6 Å². The largest absolute Gasteiger partial charge is 0.496 e. The molecule has 2 rings (SSSR count). The number of alkyl halides is 3. The minimum atomic E-state index is -4.53. The number of halogens is 3. The van der Waals surface area contributed by atoms with Gasteiger partial charge in [0, 0.05) is 6.54 Å². The van der Waals surface area contributed by atoms with Gasteiger partial charge >= 0.3 is 6.18 Å². The van der Waals surface area contributed by atoms with E-state index in [9.17, 15) is 31.5 Å². The summed E-state index contributed by atoms with van der Waals surface area (Å²) >= 11 is 0. The van der Waals surface area contributed by atoms with E-state index >= 15 is 0 Å². The number of ether oxygens (including phenoxy) is 2. The van der Waals surface area contributed by atoms with Crippen LogP contribution in [0.15, 0.2) is 47.4 Å². The molecule has 2 aromatic carbocycles. The minimum absolute atomic E-state index is 0.0783. The van der Waals surface area contributed by atoms with Crippen LogP contribution >= 0.6 is 0 Å². The lowest BCUT2D eigenvalue weighted by atomic mass is 10.2. The molecule has 8 nitrogen and oxygen atoms in total. The van der Waals surface area contributed by atoms with Gasteiger partial charge < -0.3 is 19.9 Å². The second-order valence-corrected chi connectivity index (χ2v) is 7.67. The Balaban J connectivity index is 1.98. The van der Waals surface area contributed by atoms with Gasteiger partial charge in [0.2, 0.25) is 10.0 Å². The van der Waals surface area contributed by atoms with Crippen LogP contribution in [0.5, 0.6) is 11.5 Å².